The van der Waals surface area contributed by atoms with Crippen LogP contribution in [0.4, 0.5) is 0 Å². The van der Waals surface area contributed by atoms with Crippen LogP contribution in [0.15, 0.2) is 72.8 Å². The van der Waals surface area contributed by atoms with Gasteiger partial charge in [0.15, 0.2) is 0 Å². The Labute approximate surface area is 221 Å². The first-order valence-corrected chi connectivity index (χ1v) is 13.4. The van der Waals surface area contributed by atoms with Crippen LogP contribution in [-0.2, 0) is 25.7 Å². The number of para-hydroxylation sites is 2. The molecule has 0 unspecified atom stereocenters. The number of rotatable bonds is 3. The molecule has 186 valence electrons. The van der Waals surface area contributed by atoms with Crippen molar-refractivity contribution in [2.45, 2.75) is 25.7 Å². The molecule has 4 aromatic carbocycles. The summed E-state index contributed by atoms with van der Waals surface area (Å²) in [7, 11) is 3.56. The van der Waals surface area contributed by atoms with Crippen LogP contribution in [0.2, 0.25) is 0 Å². The molecule has 0 aliphatic heterocycles. The number of hydrogen-bond donors (Lipinski definition) is 2. The smallest absolute Gasteiger partial charge is 0.127 e. The molecule has 38 heavy (non-hydrogen) atoms. The first-order valence-electron chi connectivity index (χ1n) is 13.4. The molecule has 0 saturated carbocycles. The zero-order valence-electron chi connectivity index (χ0n) is 21.6. The van der Waals surface area contributed by atoms with Crippen LogP contribution >= 0.6 is 0 Å². The highest BCUT2D eigenvalue weighted by molar-refractivity contribution is 5.98. The summed E-state index contributed by atoms with van der Waals surface area (Å²) in [6.07, 6.45) is 3.91. The molecule has 8 rings (SSSR count). The number of ether oxygens (including phenoxy) is 2. The maximum absolute atomic E-state index is 6.05. The number of hydrogen-bond acceptors (Lipinski definition) is 2. The lowest BCUT2D eigenvalue weighted by Gasteiger charge is -2.27. The first kappa shape index (κ1) is 21.6. The molecule has 0 saturated heterocycles. The molecule has 2 heterocycles. The third kappa shape index (κ3) is 2.86. The Morgan fingerprint density at radius 2 is 0.921 bits per heavy atom. The topological polar surface area (TPSA) is 50.0 Å². The molecule has 4 nitrogen and oxygen atoms in total. The second-order valence-electron chi connectivity index (χ2n) is 10.4. The Kier molecular flexibility index (Phi) is 4.57. The van der Waals surface area contributed by atoms with Crippen molar-refractivity contribution in [1.82, 2.24) is 9.97 Å². The molecule has 0 radical (unpaired) electrons. The van der Waals surface area contributed by atoms with E-state index < -0.39 is 0 Å². The largest absolute Gasteiger partial charge is 0.496 e. The predicted molar refractivity (Wildman–Crippen MR) is 154 cm³/mol. The van der Waals surface area contributed by atoms with Crippen molar-refractivity contribution >= 4 is 21.8 Å². The molecule has 0 spiro atoms. The SMILES string of the molecule is COc1ccc2c(c1-c1c(OC)ccc3c1CCc1c-3[nH]c3ccccc13)CCc1c-2[nH]c2ccccc12. The van der Waals surface area contributed by atoms with Crippen molar-refractivity contribution in [3.05, 3.63) is 95.1 Å². The molecule has 0 amide bonds. The Balaban J connectivity index is 1.41. The fourth-order valence-electron chi connectivity index (χ4n) is 7.01. The molecular formula is C34H28N2O2. The number of nitrogens with one attached hydrogen (secondary N) is 2. The summed E-state index contributed by atoms with van der Waals surface area (Å²) in [5.41, 5.74) is 15.2. The quantitative estimate of drug-likeness (QED) is 0.262. The van der Waals surface area contributed by atoms with Crippen LogP contribution in [0.5, 0.6) is 11.5 Å². The zero-order chi connectivity index (χ0) is 25.4. The number of aromatic nitrogens is 2. The van der Waals surface area contributed by atoms with Crippen molar-refractivity contribution in [3.63, 3.8) is 0 Å². The monoisotopic (exact) mass is 496 g/mol. The summed E-state index contributed by atoms with van der Waals surface area (Å²) in [4.78, 5) is 7.46. The van der Waals surface area contributed by atoms with Crippen molar-refractivity contribution in [1.29, 1.82) is 0 Å². The third-order valence-electron chi connectivity index (χ3n) is 8.66. The third-order valence-corrected chi connectivity index (χ3v) is 8.66. The Morgan fingerprint density at radius 3 is 1.37 bits per heavy atom. The van der Waals surface area contributed by atoms with E-state index in [1.54, 1.807) is 14.2 Å². The van der Waals surface area contributed by atoms with Crippen LogP contribution in [-0.4, -0.2) is 24.2 Å². The summed E-state index contributed by atoms with van der Waals surface area (Å²) >= 11 is 0. The Hall–Kier alpha value is -4.44. The fraction of sp³-hybridized carbons (Fsp3) is 0.176. The van der Waals surface area contributed by atoms with Crippen LogP contribution in [0, 0.1) is 0 Å². The summed E-state index contributed by atoms with van der Waals surface area (Å²) in [6, 6.07) is 26.0. The van der Waals surface area contributed by atoms with Gasteiger partial charge in [-0.25, -0.2) is 0 Å². The standard InChI is InChI=1S/C34H28N2O2/c1-37-29-17-15-25-21(11-13-23-19-7-3-5-9-27(19)35-33(23)25)31(29)32-22-12-14-24-20-8-4-6-10-28(20)36-34(24)26(22)16-18-30(32)38-2/h3-10,15-18,35-36H,11-14H2,1-2H3. The summed E-state index contributed by atoms with van der Waals surface area (Å²) in [5, 5.41) is 2.65. The lowest BCUT2D eigenvalue weighted by atomic mass is 9.79. The van der Waals surface area contributed by atoms with Crippen molar-refractivity contribution in [3.8, 4) is 45.1 Å². The number of aryl methyl sites for hydroxylation is 2. The van der Waals surface area contributed by atoms with E-state index in [0.717, 1.165) is 37.2 Å². The molecule has 2 aliphatic rings. The van der Waals surface area contributed by atoms with E-state index in [1.807, 2.05) is 0 Å². The number of benzene rings is 4. The molecular weight excluding hydrogens is 468 g/mol. The summed E-state index contributed by atoms with van der Waals surface area (Å²) in [5.74, 6) is 1.80. The first-order chi connectivity index (χ1) is 18.8. The van der Waals surface area contributed by atoms with Crippen molar-refractivity contribution in [2.24, 2.45) is 0 Å². The minimum Gasteiger partial charge on any atom is -0.496 e. The van der Waals surface area contributed by atoms with Crippen molar-refractivity contribution in [2.75, 3.05) is 14.2 Å². The van der Waals surface area contributed by atoms with Gasteiger partial charge >= 0.3 is 0 Å². The maximum atomic E-state index is 6.05. The van der Waals surface area contributed by atoms with E-state index in [2.05, 4.69) is 82.8 Å². The van der Waals surface area contributed by atoms with E-state index in [0.29, 0.717) is 0 Å². The van der Waals surface area contributed by atoms with Gasteiger partial charge in [-0.05, 0) is 84.3 Å². The van der Waals surface area contributed by atoms with Gasteiger partial charge in [0, 0.05) is 44.1 Å². The lowest BCUT2D eigenvalue weighted by Crippen LogP contribution is -2.10. The molecule has 2 aliphatic carbocycles. The normalized spacial score (nSPS) is 13.6. The van der Waals surface area contributed by atoms with Gasteiger partial charge in [0.05, 0.1) is 25.6 Å². The average Bonchev–Trinajstić information content (AvgIpc) is 3.54. The van der Waals surface area contributed by atoms with E-state index >= 15 is 0 Å². The van der Waals surface area contributed by atoms with Gasteiger partial charge in [0.25, 0.3) is 0 Å². The summed E-state index contributed by atoms with van der Waals surface area (Å²) in [6.45, 7) is 0. The van der Waals surface area contributed by atoms with Crippen LogP contribution < -0.4 is 9.47 Å². The van der Waals surface area contributed by atoms with E-state index in [9.17, 15) is 0 Å². The van der Waals surface area contributed by atoms with Gasteiger partial charge in [-0.15, -0.1) is 0 Å². The van der Waals surface area contributed by atoms with E-state index in [-0.39, 0.29) is 0 Å². The minimum absolute atomic E-state index is 0.900. The van der Waals surface area contributed by atoms with Gasteiger partial charge in [0.1, 0.15) is 11.5 Å². The molecule has 0 bridgehead atoms. The summed E-state index contributed by atoms with van der Waals surface area (Å²) < 4.78 is 12.1. The molecule has 0 atom stereocenters. The van der Waals surface area contributed by atoms with Gasteiger partial charge in [-0.2, -0.15) is 0 Å². The average molecular weight is 497 g/mol. The zero-order valence-corrected chi connectivity index (χ0v) is 21.6. The fourth-order valence-corrected chi connectivity index (χ4v) is 7.01. The Morgan fingerprint density at radius 1 is 0.500 bits per heavy atom. The van der Waals surface area contributed by atoms with Gasteiger partial charge in [-0.1, -0.05) is 36.4 Å². The number of H-pyrrole nitrogens is 2. The molecule has 2 aromatic heterocycles. The second kappa shape index (κ2) is 8.03. The highest BCUT2D eigenvalue weighted by Crippen LogP contribution is 2.51. The molecule has 0 fully saturated rings. The van der Waals surface area contributed by atoms with Gasteiger partial charge < -0.3 is 19.4 Å². The van der Waals surface area contributed by atoms with Gasteiger partial charge in [-0.3, -0.25) is 0 Å². The number of methoxy groups -OCH3 is 2. The molecule has 2 N–H and O–H groups in total. The van der Waals surface area contributed by atoms with Crippen LogP contribution in [0.3, 0.4) is 0 Å². The minimum atomic E-state index is 0.900. The second-order valence-corrected chi connectivity index (χ2v) is 10.4. The molecule has 6 aromatic rings. The van der Waals surface area contributed by atoms with Crippen LogP contribution in [0.1, 0.15) is 22.3 Å². The van der Waals surface area contributed by atoms with Crippen molar-refractivity contribution < 1.29 is 9.47 Å². The van der Waals surface area contributed by atoms with E-state index in [4.69, 9.17) is 9.47 Å². The Bertz CT molecular complexity index is 1770. The molecule has 4 heteroatoms. The highest BCUT2D eigenvalue weighted by Gasteiger charge is 2.31. The lowest BCUT2D eigenvalue weighted by molar-refractivity contribution is 0.409. The van der Waals surface area contributed by atoms with E-state index in [1.165, 1.54) is 77.7 Å². The van der Waals surface area contributed by atoms with Crippen LogP contribution in [0.25, 0.3) is 55.4 Å². The number of aromatic amines is 2. The highest BCUT2D eigenvalue weighted by atomic mass is 16.5. The van der Waals surface area contributed by atoms with Gasteiger partial charge in [0.2, 0.25) is 0 Å². The number of fused-ring (bicyclic) bond motifs is 10. The maximum Gasteiger partial charge on any atom is 0.127 e. The predicted octanol–water partition coefficient (Wildman–Crippen LogP) is 7.86.